The summed E-state index contributed by atoms with van der Waals surface area (Å²) in [6.45, 7) is 1.38. The molecule has 1 aromatic carbocycles. The lowest BCUT2D eigenvalue weighted by Crippen LogP contribution is -2.18. The zero-order valence-corrected chi connectivity index (χ0v) is 11.8. The molecule has 0 aliphatic carbocycles. The first-order chi connectivity index (χ1) is 8.70. The van der Waals surface area contributed by atoms with Crippen LogP contribution in [0.25, 0.3) is 0 Å². The summed E-state index contributed by atoms with van der Waals surface area (Å²) in [6, 6.07) is 5.29. The molecule has 1 amide bonds. The fourth-order valence-electron chi connectivity index (χ4n) is 1.86. The number of amides is 1. The van der Waals surface area contributed by atoms with Crippen LogP contribution in [-0.2, 0) is 4.74 Å². The lowest BCUT2D eigenvalue weighted by molar-refractivity contribution is 0.0677. The predicted octanol–water partition coefficient (Wildman–Crippen LogP) is 2.37. The molecular formula is C13H16BrNO3. The highest BCUT2D eigenvalue weighted by Crippen LogP contribution is 2.27. The van der Waals surface area contributed by atoms with Crippen LogP contribution < -0.4 is 10.1 Å². The number of ether oxygens (including phenoxy) is 2. The van der Waals surface area contributed by atoms with Crippen LogP contribution in [-0.4, -0.2) is 32.3 Å². The van der Waals surface area contributed by atoms with Crippen molar-refractivity contribution in [3.63, 3.8) is 0 Å². The van der Waals surface area contributed by atoms with E-state index in [4.69, 9.17) is 9.47 Å². The predicted molar refractivity (Wildman–Crippen MR) is 72.0 cm³/mol. The van der Waals surface area contributed by atoms with E-state index in [2.05, 4.69) is 21.2 Å². The summed E-state index contributed by atoms with van der Waals surface area (Å²) in [5.41, 5.74) is 0.605. The van der Waals surface area contributed by atoms with Gasteiger partial charge in [0.2, 0.25) is 0 Å². The van der Waals surface area contributed by atoms with E-state index in [1.54, 1.807) is 25.2 Å². The molecule has 1 fully saturated rings. The molecular weight excluding hydrogens is 298 g/mol. The monoisotopic (exact) mass is 313 g/mol. The number of carbonyl (C=O) groups is 1. The Morgan fingerprint density at radius 3 is 3.06 bits per heavy atom. The number of hydrogen-bond donors (Lipinski definition) is 1. The van der Waals surface area contributed by atoms with Gasteiger partial charge in [-0.2, -0.15) is 0 Å². The third kappa shape index (κ3) is 3.23. The third-order valence-corrected chi connectivity index (χ3v) is 3.49. The van der Waals surface area contributed by atoms with E-state index in [1.165, 1.54) is 0 Å². The van der Waals surface area contributed by atoms with Crippen LogP contribution in [0.5, 0.6) is 5.75 Å². The van der Waals surface area contributed by atoms with Crippen LogP contribution in [0, 0.1) is 0 Å². The highest BCUT2D eigenvalue weighted by Gasteiger charge is 2.16. The molecule has 0 spiro atoms. The molecule has 0 saturated carbocycles. The van der Waals surface area contributed by atoms with Crippen molar-refractivity contribution in [1.82, 2.24) is 5.32 Å². The van der Waals surface area contributed by atoms with Gasteiger partial charge >= 0.3 is 0 Å². The van der Waals surface area contributed by atoms with E-state index in [1.807, 2.05) is 0 Å². The number of halogens is 1. The largest absolute Gasteiger partial charge is 0.490 e. The van der Waals surface area contributed by atoms with Crippen molar-refractivity contribution in [1.29, 1.82) is 0 Å². The maximum atomic E-state index is 11.5. The van der Waals surface area contributed by atoms with E-state index in [-0.39, 0.29) is 12.0 Å². The fraction of sp³-hybridized carbons (Fsp3) is 0.462. The summed E-state index contributed by atoms with van der Waals surface area (Å²) in [5, 5.41) is 2.58. The number of benzene rings is 1. The molecule has 4 nitrogen and oxygen atoms in total. The molecule has 1 aromatic rings. The maximum Gasteiger partial charge on any atom is 0.251 e. The molecule has 0 unspecified atom stereocenters. The third-order valence-electron chi connectivity index (χ3n) is 2.87. The van der Waals surface area contributed by atoms with Crippen LogP contribution in [0.4, 0.5) is 0 Å². The Labute approximate surface area is 115 Å². The Morgan fingerprint density at radius 2 is 2.44 bits per heavy atom. The molecule has 0 aromatic heterocycles. The second-order valence-electron chi connectivity index (χ2n) is 4.17. The van der Waals surface area contributed by atoms with E-state index >= 15 is 0 Å². The van der Waals surface area contributed by atoms with E-state index in [0.29, 0.717) is 12.2 Å². The fourth-order valence-corrected chi connectivity index (χ4v) is 2.36. The van der Waals surface area contributed by atoms with Gasteiger partial charge in [0.05, 0.1) is 10.6 Å². The normalized spacial score (nSPS) is 18.7. The summed E-state index contributed by atoms with van der Waals surface area (Å²) < 4.78 is 12.0. The van der Waals surface area contributed by atoms with E-state index in [9.17, 15) is 4.79 Å². The lowest BCUT2D eigenvalue weighted by Gasteiger charge is -2.13. The second kappa shape index (κ2) is 6.20. The lowest BCUT2D eigenvalue weighted by atomic mass is 10.2. The van der Waals surface area contributed by atoms with Crippen molar-refractivity contribution in [3.8, 4) is 5.75 Å². The van der Waals surface area contributed by atoms with Gasteiger partial charge in [-0.05, 0) is 47.0 Å². The number of carbonyl (C=O) groups excluding carboxylic acids is 1. The minimum atomic E-state index is -0.110. The van der Waals surface area contributed by atoms with Crippen LogP contribution >= 0.6 is 15.9 Å². The van der Waals surface area contributed by atoms with Crippen LogP contribution in [0.2, 0.25) is 0 Å². The topological polar surface area (TPSA) is 47.6 Å². The smallest absolute Gasteiger partial charge is 0.251 e. The van der Waals surface area contributed by atoms with Gasteiger partial charge in [-0.25, -0.2) is 0 Å². The van der Waals surface area contributed by atoms with Gasteiger partial charge in [0.15, 0.2) is 0 Å². The first-order valence-electron chi connectivity index (χ1n) is 5.96. The Bertz CT molecular complexity index is 430. The standard InChI is InChI=1S/C13H16BrNO3/c1-15-13(16)9-4-5-12(11(14)7-9)18-8-10-3-2-6-17-10/h4-5,7,10H,2-3,6,8H2,1H3,(H,15,16)/t10-/m1/s1. The van der Waals surface area contributed by atoms with Crippen molar-refractivity contribution < 1.29 is 14.3 Å². The molecule has 1 N–H and O–H groups in total. The number of rotatable bonds is 4. The highest BCUT2D eigenvalue weighted by molar-refractivity contribution is 9.10. The molecule has 0 radical (unpaired) electrons. The Hall–Kier alpha value is -1.07. The summed E-state index contributed by atoms with van der Waals surface area (Å²) in [4.78, 5) is 11.5. The van der Waals surface area contributed by atoms with Crippen molar-refractivity contribution >= 4 is 21.8 Å². The zero-order chi connectivity index (χ0) is 13.0. The molecule has 1 atom stereocenters. The Balaban J connectivity index is 1.98. The van der Waals surface area contributed by atoms with Gasteiger partial charge in [-0.1, -0.05) is 0 Å². The van der Waals surface area contributed by atoms with Gasteiger partial charge in [0, 0.05) is 19.2 Å². The van der Waals surface area contributed by atoms with Gasteiger partial charge in [0.25, 0.3) is 5.91 Å². The average Bonchev–Trinajstić information content (AvgIpc) is 2.89. The first kappa shape index (κ1) is 13.4. The second-order valence-corrected chi connectivity index (χ2v) is 5.02. The minimum absolute atomic E-state index is 0.110. The molecule has 1 heterocycles. The molecule has 1 aliphatic rings. The van der Waals surface area contributed by atoms with Gasteiger partial charge in [-0.3, -0.25) is 4.79 Å². The minimum Gasteiger partial charge on any atom is -0.490 e. The molecule has 18 heavy (non-hydrogen) atoms. The summed E-state index contributed by atoms with van der Waals surface area (Å²) in [6.07, 6.45) is 2.34. The van der Waals surface area contributed by atoms with Crippen molar-refractivity contribution in [2.75, 3.05) is 20.3 Å². The Kier molecular flexibility index (Phi) is 4.60. The number of hydrogen-bond acceptors (Lipinski definition) is 3. The van der Waals surface area contributed by atoms with Crippen molar-refractivity contribution in [2.24, 2.45) is 0 Å². The van der Waals surface area contributed by atoms with Crippen molar-refractivity contribution in [2.45, 2.75) is 18.9 Å². The highest BCUT2D eigenvalue weighted by atomic mass is 79.9. The Morgan fingerprint density at radius 1 is 1.61 bits per heavy atom. The van der Waals surface area contributed by atoms with Crippen LogP contribution in [0.1, 0.15) is 23.2 Å². The zero-order valence-electron chi connectivity index (χ0n) is 10.2. The van der Waals surface area contributed by atoms with Crippen molar-refractivity contribution in [3.05, 3.63) is 28.2 Å². The maximum absolute atomic E-state index is 11.5. The molecule has 98 valence electrons. The summed E-state index contributed by atoms with van der Waals surface area (Å²) in [5.74, 6) is 0.625. The molecule has 2 rings (SSSR count). The summed E-state index contributed by atoms with van der Waals surface area (Å²) >= 11 is 3.41. The molecule has 1 aliphatic heterocycles. The van der Waals surface area contributed by atoms with Crippen LogP contribution in [0.15, 0.2) is 22.7 Å². The molecule has 0 bridgehead atoms. The van der Waals surface area contributed by atoms with Crippen LogP contribution in [0.3, 0.4) is 0 Å². The molecule has 1 saturated heterocycles. The first-order valence-corrected chi connectivity index (χ1v) is 6.76. The van der Waals surface area contributed by atoms with Gasteiger partial charge < -0.3 is 14.8 Å². The van der Waals surface area contributed by atoms with E-state index in [0.717, 1.165) is 29.7 Å². The quantitative estimate of drug-likeness (QED) is 0.928. The van der Waals surface area contributed by atoms with Gasteiger partial charge in [0.1, 0.15) is 12.4 Å². The SMILES string of the molecule is CNC(=O)c1ccc(OC[C@H]2CCCO2)c(Br)c1. The molecule has 5 heteroatoms. The van der Waals surface area contributed by atoms with E-state index < -0.39 is 0 Å². The number of nitrogens with one attached hydrogen (secondary N) is 1. The summed E-state index contributed by atoms with van der Waals surface area (Å²) in [7, 11) is 1.61. The van der Waals surface area contributed by atoms with Gasteiger partial charge in [-0.15, -0.1) is 0 Å². The average molecular weight is 314 g/mol.